The first kappa shape index (κ1) is 15.8. The molecule has 0 spiro atoms. The van der Waals surface area contributed by atoms with Gasteiger partial charge in [0.25, 0.3) is 11.8 Å². The topological polar surface area (TPSA) is 98.4 Å². The van der Waals surface area contributed by atoms with Gasteiger partial charge in [0.2, 0.25) is 0 Å². The molecule has 4 rings (SSSR count). The van der Waals surface area contributed by atoms with Crippen molar-refractivity contribution in [3.05, 3.63) is 30.1 Å². The van der Waals surface area contributed by atoms with E-state index in [1.54, 1.807) is 44.7 Å². The molecule has 2 fully saturated rings. The molecule has 0 unspecified atom stereocenters. The third-order valence-corrected chi connectivity index (χ3v) is 4.56. The maximum atomic E-state index is 12.4. The lowest BCUT2D eigenvalue weighted by Gasteiger charge is -2.38. The summed E-state index contributed by atoms with van der Waals surface area (Å²) in [5.41, 5.74) is 0.329. The van der Waals surface area contributed by atoms with Gasteiger partial charge in [-0.25, -0.2) is 9.67 Å². The molecular formula is C15H19N7O3. The van der Waals surface area contributed by atoms with E-state index in [9.17, 15) is 9.59 Å². The Kier molecular flexibility index (Phi) is 3.96. The minimum absolute atomic E-state index is 0.0305. The number of aryl methyl sites for hydroxylation is 1. The maximum absolute atomic E-state index is 12.4. The van der Waals surface area contributed by atoms with Crippen LogP contribution in [0.15, 0.2) is 18.6 Å². The van der Waals surface area contributed by atoms with Crippen LogP contribution in [-0.4, -0.2) is 85.6 Å². The van der Waals surface area contributed by atoms with Crippen molar-refractivity contribution >= 4 is 11.8 Å². The van der Waals surface area contributed by atoms with Crippen LogP contribution in [0.2, 0.25) is 0 Å². The van der Waals surface area contributed by atoms with Crippen LogP contribution < -0.4 is 0 Å². The van der Waals surface area contributed by atoms with Gasteiger partial charge in [-0.15, -0.1) is 5.10 Å². The monoisotopic (exact) mass is 345 g/mol. The fraction of sp³-hybridized carbons (Fsp3) is 0.533. The zero-order chi connectivity index (χ0) is 17.4. The van der Waals surface area contributed by atoms with Gasteiger partial charge in [-0.2, -0.15) is 0 Å². The van der Waals surface area contributed by atoms with Gasteiger partial charge in [0, 0.05) is 45.6 Å². The molecule has 0 aliphatic carbocycles. The predicted octanol–water partition coefficient (Wildman–Crippen LogP) is -0.819. The van der Waals surface area contributed by atoms with E-state index in [0.717, 1.165) is 0 Å². The fourth-order valence-corrected chi connectivity index (χ4v) is 2.98. The number of imidazole rings is 1. The highest BCUT2D eigenvalue weighted by atomic mass is 16.5. The van der Waals surface area contributed by atoms with E-state index in [4.69, 9.17) is 4.74 Å². The third kappa shape index (κ3) is 2.88. The maximum Gasteiger partial charge on any atom is 0.289 e. The van der Waals surface area contributed by atoms with E-state index in [1.807, 2.05) is 0 Å². The number of rotatable bonds is 3. The van der Waals surface area contributed by atoms with Crippen molar-refractivity contribution in [1.82, 2.24) is 34.3 Å². The van der Waals surface area contributed by atoms with Gasteiger partial charge in [-0.3, -0.25) is 9.59 Å². The van der Waals surface area contributed by atoms with Crippen LogP contribution >= 0.6 is 0 Å². The van der Waals surface area contributed by atoms with Crippen LogP contribution in [0.4, 0.5) is 0 Å². The Hall–Kier alpha value is -2.75. The number of hydrogen-bond donors (Lipinski definition) is 0. The first-order chi connectivity index (χ1) is 12.1. The smallest absolute Gasteiger partial charge is 0.289 e. The number of nitrogens with zero attached hydrogens (tertiary/aromatic N) is 7. The van der Waals surface area contributed by atoms with Crippen molar-refractivity contribution in [2.75, 3.05) is 39.4 Å². The van der Waals surface area contributed by atoms with Crippen LogP contribution in [0.5, 0.6) is 0 Å². The molecule has 2 aromatic heterocycles. The minimum Gasteiger partial charge on any atom is -0.378 e. The van der Waals surface area contributed by atoms with E-state index in [-0.39, 0.29) is 17.9 Å². The molecule has 10 nitrogen and oxygen atoms in total. The molecule has 0 aromatic carbocycles. The Balaban J connectivity index is 1.37. The molecule has 0 atom stereocenters. The van der Waals surface area contributed by atoms with E-state index < -0.39 is 0 Å². The minimum atomic E-state index is -0.130. The number of morpholine rings is 1. The van der Waals surface area contributed by atoms with Crippen LogP contribution in [0.1, 0.15) is 27.1 Å². The van der Waals surface area contributed by atoms with Crippen molar-refractivity contribution in [3.8, 4) is 0 Å². The number of aromatic nitrogens is 5. The number of likely N-dealkylation sites (tertiary alicyclic amines) is 1. The van der Waals surface area contributed by atoms with Crippen LogP contribution in [0, 0.1) is 0 Å². The zero-order valence-electron chi connectivity index (χ0n) is 13.9. The molecule has 2 saturated heterocycles. The first-order valence-electron chi connectivity index (χ1n) is 8.19. The lowest BCUT2D eigenvalue weighted by Crippen LogP contribution is -2.51. The Morgan fingerprint density at radius 1 is 1.16 bits per heavy atom. The lowest BCUT2D eigenvalue weighted by molar-refractivity contribution is 0.0298. The second-order valence-electron chi connectivity index (χ2n) is 6.21. The number of ether oxygens (including phenoxy) is 1. The normalized spacial score (nSPS) is 18.3. The number of hydrogen-bond acceptors (Lipinski definition) is 6. The van der Waals surface area contributed by atoms with Crippen molar-refractivity contribution in [3.63, 3.8) is 0 Å². The summed E-state index contributed by atoms with van der Waals surface area (Å²) in [6.07, 6.45) is 5.00. The molecule has 2 amide bonds. The van der Waals surface area contributed by atoms with E-state index >= 15 is 0 Å². The Bertz CT molecular complexity index is 787. The second-order valence-corrected chi connectivity index (χ2v) is 6.21. The highest BCUT2D eigenvalue weighted by Crippen LogP contribution is 2.22. The summed E-state index contributed by atoms with van der Waals surface area (Å²) in [5.74, 6) is 0.184. The standard InChI is InChI=1S/C15H19N7O3/c1-19-3-2-16-13(19)15(24)21-8-11(9-21)22-10-12(17-18-22)14(23)20-4-6-25-7-5-20/h2-3,10-11H,4-9H2,1H3. The largest absolute Gasteiger partial charge is 0.378 e. The van der Waals surface area contributed by atoms with Crippen molar-refractivity contribution < 1.29 is 14.3 Å². The average Bonchev–Trinajstić information content (AvgIpc) is 3.23. The van der Waals surface area contributed by atoms with E-state index in [1.165, 1.54) is 0 Å². The summed E-state index contributed by atoms with van der Waals surface area (Å²) >= 11 is 0. The summed E-state index contributed by atoms with van der Waals surface area (Å²) in [5, 5.41) is 8.05. The number of amides is 2. The fourth-order valence-electron chi connectivity index (χ4n) is 2.98. The lowest BCUT2D eigenvalue weighted by atomic mass is 10.1. The molecule has 0 radical (unpaired) electrons. The van der Waals surface area contributed by atoms with Gasteiger partial charge in [0.15, 0.2) is 11.5 Å². The van der Waals surface area contributed by atoms with Crippen LogP contribution in [-0.2, 0) is 11.8 Å². The predicted molar refractivity (Wildman–Crippen MR) is 84.9 cm³/mol. The van der Waals surface area contributed by atoms with Crippen LogP contribution in [0.25, 0.3) is 0 Å². The Morgan fingerprint density at radius 3 is 2.60 bits per heavy atom. The van der Waals surface area contributed by atoms with Gasteiger partial charge in [-0.1, -0.05) is 5.21 Å². The van der Waals surface area contributed by atoms with Crippen molar-refractivity contribution in [2.45, 2.75) is 6.04 Å². The molecule has 4 heterocycles. The Labute approximate surface area is 144 Å². The molecule has 2 aliphatic rings. The van der Waals surface area contributed by atoms with Gasteiger partial charge in [0.05, 0.1) is 25.5 Å². The van der Waals surface area contributed by atoms with Gasteiger partial charge >= 0.3 is 0 Å². The van der Waals surface area contributed by atoms with Gasteiger partial charge < -0.3 is 19.1 Å². The molecule has 0 saturated carbocycles. The molecule has 0 N–H and O–H groups in total. The SMILES string of the molecule is Cn1ccnc1C(=O)N1CC(n2cc(C(=O)N3CCOCC3)nn2)C1. The van der Waals surface area contributed by atoms with Crippen molar-refractivity contribution in [1.29, 1.82) is 0 Å². The van der Waals surface area contributed by atoms with Crippen LogP contribution in [0.3, 0.4) is 0 Å². The first-order valence-corrected chi connectivity index (χ1v) is 8.19. The second kappa shape index (κ2) is 6.28. The van der Waals surface area contributed by atoms with E-state index in [0.29, 0.717) is 50.9 Å². The summed E-state index contributed by atoms with van der Waals surface area (Å²) in [7, 11) is 1.79. The highest BCUT2D eigenvalue weighted by molar-refractivity contribution is 5.92. The molecule has 2 aliphatic heterocycles. The summed E-state index contributed by atoms with van der Waals surface area (Å²) in [6, 6.07) is 0.0305. The van der Waals surface area contributed by atoms with Gasteiger partial charge in [0.1, 0.15) is 0 Å². The molecule has 0 bridgehead atoms. The molecule has 10 heteroatoms. The van der Waals surface area contributed by atoms with Crippen molar-refractivity contribution in [2.24, 2.45) is 7.05 Å². The van der Waals surface area contributed by atoms with Gasteiger partial charge in [-0.05, 0) is 0 Å². The zero-order valence-corrected chi connectivity index (χ0v) is 13.9. The molecule has 132 valence electrons. The summed E-state index contributed by atoms with van der Waals surface area (Å²) in [6.45, 7) is 3.29. The Morgan fingerprint density at radius 2 is 1.92 bits per heavy atom. The number of carbonyl (C=O) groups is 2. The highest BCUT2D eigenvalue weighted by Gasteiger charge is 2.35. The molecular weight excluding hydrogens is 326 g/mol. The average molecular weight is 345 g/mol. The number of carbonyl (C=O) groups excluding carboxylic acids is 2. The third-order valence-electron chi connectivity index (χ3n) is 4.56. The summed E-state index contributed by atoms with van der Waals surface area (Å²) in [4.78, 5) is 32.2. The molecule has 25 heavy (non-hydrogen) atoms. The quantitative estimate of drug-likeness (QED) is 0.721. The van der Waals surface area contributed by atoms with E-state index in [2.05, 4.69) is 15.3 Å². The molecule has 2 aromatic rings. The summed E-state index contributed by atoms with van der Waals surface area (Å²) < 4.78 is 8.61.